The first-order valence-corrected chi connectivity index (χ1v) is 6.34. The minimum absolute atomic E-state index is 0.170. The van der Waals surface area contributed by atoms with Gasteiger partial charge in [-0.25, -0.2) is 4.39 Å². The van der Waals surface area contributed by atoms with Crippen LogP contribution >= 0.6 is 12.6 Å². The molecule has 0 aliphatic rings. The molecule has 0 bridgehead atoms. The van der Waals surface area contributed by atoms with Crippen LogP contribution in [-0.4, -0.2) is 5.91 Å². The molecule has 0 saturated carbocycles. The number of aryl methyl sites for hydroxylation is 1. The quantitative estimate of drug-likeness (QED) is 0.826. The summed E-state index contributed by atoms with van der Waals surface area (Å²) in [6, 6.07) is 11.9. The highest BCUT2D eigenvalue weighted by molar-refractivity contribution is 7.80. The van der Waals surface area contributed by atoms with Crippen LogP contribution in [0.1, 0.15) is 21.5 Å². The fourth-order valence-electron chi connectivity index (χ4n) is 1.74. The maximum atomic E-state index is 13.1. The second kappa shape index (κ2) is 5.89. The van der Waals surface area contributed by atoms with Crippen molar-refractivity contribution in [1.82, 2.24) is 5.32 Å². The average molecular weight is 275 g/mol. The molecular weight excluding hydrogens is 261 g/mol. The van der Waals surface area contributed by atoms with Crippen LogP contribution in [-0.2, 0) is 6.54 Å². The van der Waals surface area contributed by atoms with E-state index in [9.17, 15) is 9.18 Å². The van der Waals surface area contributed by atoms with E-state index in [1.54, 1.807) is 0 Å². The maximum Gasteiger partial charge on any atom is 0.251 e. The normalized spacial score (nSPS) is 10.3. The van der Waals surface area contributed by atoms with Crippen molar-refractivity contribution in [3.8, 4) is 0 Å². The Hall–Kier alpha value is -1.81. The molecule has 0 aromatic heterocycles. The van der Waals surface area contributed by atoms with Crippen molar-refractivity contribution in [3.05, 3.63) is 65.0 Å². The summed E-state index contributed by atoms with van der Waals surface area (Å²) >= 11 is 3.96. The van der Waals surface area contributed by atoms with Crippen molar-refractivity contribution in [3.63, 3.8) is 0 Å². The summed E-state index contributed by atoms with van der Waals surface area (Å²) in [5, 5.41) is 2.81. The number of benzene rings is 2. The summed E-state index contributed by atoms with van der Waals surface area (Å²) < 4.78 is 13.1. The first-order chi connectivity index (χ1) is 9.08. The van der Waals surface area contributed by atoms with Crippen molar-refractivity contribution in [2.75, 3.05) is 0 Å². The van der Waals surface area contributed by atoms with E-state index in [2.05, 4.69) is 17.9 Å². The van der Waals surface area contributed by atoms with E-state index in [0.29, 0.717) is 12.1 Å². The molecule has 98 valence electrons. The van der Waals surface area contributed by atoms with Gasteiger partial charge in [-0.05, 0) is 36.2 Å². The van der Waals surface area contributed by atoms with Gasteiger partial charge in [0, 0.05) is 17.0 Å². The molecule has 0 spiro atoms. The predicted molar refractivity (Wildman–Crippen MR) is 76.0 cm³/mol. The molecule has 2 rings (SSSR count). The zero-order valence-corrected chi connectivity index (χ0v) is 11.4. The van der Waals surface area contributed by atoms with E-state index in [-0.39, 0.29) is 10.8 Å². The van der Waals surface area contributed by atoms with E-state index < -0.39 is 5.82 Å². The van der Waals surface area contributed by atoms with Gasteiger partial charge in [-0.2, -0.15) is 0 Å². The van der Waals surface area contributed by atoms with Crippen LogP contribution < -0.4 is 5.32 Å². The van der Waals surface area contributed by atoms with Crippen LogP contribution in [0.25, 0.3) is 0 Å². The summed E-state index contributed by atoms with van der Waals surface area (Å²) in [7, 11) is 0. The van der Waals surface area contributed by atoms with Gasteiger partial charge in [0.2, 0.25) is 0 Å². The van der Waals surface area contributed by atoms with Crippen LogP contribution in [0.15, 0.2) is 47.4 Å². The van der Waals surface area contributed by atoms with E-state index in [0.717, 1.165) is 11.1 Å². The Morgan fingerprint density at radius 2 is 2.00 bits per heavy atom. The lowest BCUT2D eigenvalue weighted by atomic mass is 10.1. The van der Waals surface area contributed by atoms with Crippen LogP contribution in [0.4, 0.5) is 4.39 Å². The second-order valence-corrected chi connectivity index (χ2v) is 4.76. The van der Waals surface area contributed by atoms with Gasteiger partial charge in [0.15, 0.2) is 0 Å². The Kier molecular flexibility index (Phi) is 4.22. The van der Waals surface area contributed by atoms with Gasteiger partial charge < -0.3 is 5.32 Å². The summed E-state index contributed by atoms with van der Waals surface area (Å²) in [6.45, 7) is 2.44. The van der Waals surface area contributed by atoms with Gasteiger partial charge in [-0.1, -0.05) is 24.3 Å². The molecule has 4 heteroatoms. The smallest absolute Gasteiger partial charge is 0.251 e. The minimum atomic E-state index is -0.432. The molecule has 2 aromatic rings. The van der Waals surface area contributed by atoms with E-state index >= 15 is 0 Å². The highest BCUT2D eigenvalue weighted by atomic mass is 32.1. The van der Waals surface area contributed by atoms with E-state index in [1.165, 1.54) is 18.2 Å². The van der Waals surface area contributed by atoms with Crippen molar-refractivity contribution in [2.45, 2.75) is 18.4 Å². The van der Waals surface area contributed by atoms with Gasteiger partial charge in [0.25, 0.3) is 5.91 Å². The Bertz CT molecular complexity index is 613. The molecule has 0 aliphatic carbocycles. The molecule has 0 heterocycles. The highest BCUT2D eigenvalue weighted by Gasteiger charge is 2.08. The molecule has 1 amide bonds. The zero-order chi connectivity index (χ0) is 13.8. The van der Waals surface area contributed by atoms with Crippen LogP contribution in [0.5, 0.6) is 0 Å². The minimum Gasteiger partial charge on any atom is -0.348 e. The molecule has 19 heavy (non-hydrogen) atoms. The van der Waals surface area contributed by atoms with Gasteiger partial charge in [-0.3, -0.25) is 4.79 Å². The standard InChI is InChI=1S/C15H14FNOS/c1-10-4-2-3-5-12(10)9-17-15(18)11-6-7-13(16)14(19)8-11/h2-8,19H,9H2,1H3,(H,17,18). The Labute approximate surface area is 117 Å². The van der Waals surface area contributed by atoms with Gasteiger partial charge in [-0.15, -0.1) is 12.6 Å². The van der Waals surface area contributed by atoms with Crippen molar-refractivity contribution < 1.29 is 9.18 Å². The third-order valence-electron chi connectivity index (χ3n) is 2.91. The molecule has 0 atom stereocenters. The highest BCUT2D eigenvalue weighted by Crippen LogP contribution is 2.14. The number of hydrogen-bond donors (Lipinski definition) is 2. The van der Waals surface area contributed by atoms with Crippen LogP contribution in [0.2, 0.25) is 0 Å². The van der Waals surface area contributed by atoms with Crippen molar-refractivity contribution >= 4 is 18.5 Å². The number of carbonyl (C=O) groups excluding carboxylic acids is 1. The molecule has 2 nitrogen and oxygen atoms in total. The number of carbonyl (C=O) groups is 1. The van der Waals surface area contributed by atoms with Crippen molar-refractivity contribution in [2.24, 2.45) is 0 Å². The van der Waals surface area contributed by atoms with Gasteiger partial charge >= 0.3 is 0 Å². The molecule has 0 radical (unpaired) electrons. The third-order valence-corrected chi connectivity index (χ3v) is 3.25. The number of nitrogens with one attached hydrogen (secondary N) is 1. The second-order valence-electron chi connectivity index (χ2n) is 4.28. The molecule has 0 fully saturated rings. The maximum absolute atomic E-state index is 13.1. The fourth-order valence-corrected chi connectivity index (χ4v) is 1.95. The van der Waals surface area contributed by atoms with Crippen molar-refractivity contribution in [1.29, 1.82) is 0 Å². The Morgan fingerprint density at radius 3 is 2.68 bits per heavy atom. The van der Waals surface area contributed by atoms with Crippen LogP contribution in [0, 0.1) is 12.7 Å². The number of amides is 1. The summed E-state index contributed by atoms with van der Waals surface area (Å²) in [5.41, 5.74) is 2.58. The lowest BCUT2D eigenvalue weighted by molar-refractivity contribution is 0.0950. The first kappa shape index (κ1) is 13.6. The van der Waals surface area contributed by atoms with Crippen LogP contribution in [0.3, 0.4) is 0 Å². The Morgan fingerprint density at radius 1 is 1.26 bits per heavy atom. The van der Waals surface area contributed by atoms with Gasteiger partial charge in [0.05, 0.1) is 0 Å². The largest absolute Gasteiger partial charge is 0.348 e. The molecule has 0 saturated heterocycles. The SMILES string of the molecule is Cc1ccccc1CNC(=O)c1ccc(F)c(S)c1. The summed E-state index contributed by atoms with van der Waals surface area (Å²) in [6.07, 6.45) is 0. The van der Waals surface area contributed by atoms with E-state index in [4.69, 9.17) is 0 Å². The topological polar surface area (TPSA) is 29.1 Å². The summed E-state index contributed by atoms with van der Waals surface area (Å²) in [4.78, 5) is 12.1. The fraction of sp³-hybridized carbons (Fsp3) is 0.133. The molecule has 0 aliphatic heterocycles. The third kappa shape index (κ3) is 3.35. The molecule has 1 N–H and O–H groups in total. The zero-order valence-electron chi connectivity index (χ0n) is 10.5. The first-order valence-electron chi connectivity index (χ1n) is 5.89. The summed E-state index contributed by atoms with van der Waals surface area (Å²) in [5.74, 6) is -0.669. The lowest BCUT2D eigenvalue weighted by Crippen LogP contribution is -2.23. The number of rotatable bonds is 3. The number of hydrogen-bond acceptors (Lipinski definition) is 2. The number of halogens is 1. The Balaban J connectivity index is 2.05. The van der Waals surface area contributed by atoms with Gasteiger partial charge in [0.1, 0.15) is 5.82 Å². The number of thiol groups is 1. The lowest BCUT2D eigenvalue weighted by Gasteiger charge is -2.08. The monoisotopic (exact) mass is 275 g/mol. The molecular formula is C15H14FNOS. The molecule has 2 aromatic carbocycles. The molecule has 0 unspecified atom stereocenters. The predicted octanol–water partition coefficient (Wildman–Crippen LogP) is 3.35. The van der Waals surface area contributed by atoms with E-state index in [1.807, 2.05) is 31.2 Å². The average Bonchev–Trinajstić information content (AvgIpc) is 2.40.